The molecule has 1 heterocycles. The second-order valence-corrected chi connectivity index (χ2v) is 6.04. The highest BCUT2D eigenvalue weighted by atomic mass is 35.5. The van der Waals surface area contributed by atoms with E-state index < -0.39 is 10.0 Å². The zero-order valence-corrected chi connectivity index (χ0v) is 10.1. The molecule has 2 aromatic rings. The molecular formula is C8H7ClN2O2S2. The number of rotatable bonds is 2. The summed E-state index contributed by atoms with van der Waals surface area (Å²) in [5, 5.41) is 0.346. The maximum atomic E-state index is 11.1. The van der Waals surface area contributed by atoms with Crippen LogP contribution in [0.15, 0.2) is 17.6 Å². The number of fused-ring (bicyclic) bond motifs is 1. The van der Waals surface area contributed by atoms with E-state index in [9.17, 15) is 8.42 Å². The molecule has 0 spiro atoms. The van der Waals surface area contributed by atoms with Crippen molar-refractivity contribution in [1.82, 2.24) is 4.98 Å². The van der Waals surface area contributed by atoms with E-state index in [0.717, 1.165) is 11.0 Å². The first-order chi connectivity index (χ1) is 6.97. The fourth-order valence-corrected chi connectivity index (χ4v) is 2.71. The number of halogens is 1. The fraction of sp³-hybridized carbons (Fsp3) is 0.125. The zero-order valence-electron chi connectivity index (χ0n) is 7.69. The molecule has 2 rings (SSSR count). The molecule has 0 amide bonds. The molecule has 0 atom stereocenters. The number of aromatic nitrogens is 1. The summed E-state index contributed by atoms with van der Waals surface area (Å²) in [6.07, 6.45) is 1.08. The molecule has 15 heavy (non-hydrogen) atoms. The lowest BCUT2D eigenvalue weighted by Gasteiger charge is -2.06. The van der Waals surface area contributed by atoms with Crippen LogP contribution in [0.25, 0.3) is 10.2 Å². The number of anilines is 1. The van der Waals surface area contributed by atoms with Gasteiger partial charge in [0, 0.05) is 0 Å². The molecule has 0 bridgehead atoms. The number of benzene rings is 1. The van der Waals surface area contributed by atoms with Gasteiger partial charge >= 0.3 is 0 Å². The van der Waals surface area contributed by atoms with E-state index in [1.807, 2.05) is 6.07 Å². The summed E-state index contributed by atoms with van der Waals surface area (Å²) < 4.78 is 25.5. The summed E-state index contributed by atoms with van der Waals surface area (Å²) in [5.41, 5.74) is 2.57. The first-order valence-electron chi connectivity index (χ1n) is 3.97. The van der Waals surface area contributed by atoms with Crippen molar-refractivity contribution >= 4 is 48.9 Å². The molecule has 1 N–H and O–H groups in total. The molecule has 80 valence electrons. The summed E-state index contributed by atoms with van der Waals surface area (Å²) in [7, 11) is -3.34. The van der Waals surface area contributed by atoms with E-state index in [2.05, 4.69) is 9.71 Å². The SMILES string of the molecule is CS(=O)(=O)Nc1c(Cl)ccc2scnc12. The third kappa shape index (κ3) is 2.22. The van der Waals surface area contributed by atoms with Crippen LogP contribution in [0.2, 0.25) is 5.02 Å². The van der Waals surface area contributed by atoms with Crippen LogP contribution in [0.5, 0.6) is 0 Å². The third-order valence-corrected chi connectivity index (χ3v) is 3.42. The Morgan fingerprint density at radius 1 is 1.47 bits per heavy atom. The summed E-state index contributed by atoms with van der Waals surface area (Å²) >= 11 is 7.34. The molecule has 0 aliphatic rings. The summed E-state index contributed by atoms with van der Waals surface area (Å²) in [4.78, 5) is 4.07. The number of thiazole rings is 1. The van der Waals surface area contributed by atoms with Crippen LogP contribution < -0.4 is 4.72 Å². The second-order valence-electron chi connectivity index (χ2n) is 3.00. The molecule has 0 saturated heterocycles. The van der Waals surface area contributed by atoms with Crippen LogP contribution in [0.4, 0.5) is 5.69 Å². The topological polar surface area (TPSA) is 59.1 Å². The van der Waals surface area contributed by atoms with Crippen molar-refractivity contribution in [3.63, 3.8) is 0 Å². The summed E-state index contributed by atoms with van der Waals surface area (Å²) in [5.74, 6) is 0. The number of hydrogen-bond acceptors (Lipinski definition) is 4. The highest BCUT2D eigenvalue weighted by Crippen LogP contribution is 2.32. The molecule has 0 fully saturated rings. The van der Waals surface area contributed by atoms with Crippen molar-refractivity contribution in [1.29, 1.82) is 0 Å². The lowest BCUT2D eigenvalue weighted by Crippen LogP contribution is -2.10. The Bertz CT molecular complexity index is 606. The highest BCUT2D eigenvalue weighted by molar-refractivity contribution is 7.92. The smallest absolute Gasteiger partial charge is 0.229 e. The van der Waals surface area contributed by atoms with Gasteiger partial charge in [-0.05, 0) is 12.1 Å². The Morgan fingerprint density at radius 3 is 2.87 bits per heavy atom. The quantitative estimate of drug-likeness (QED) is 0.904. The number of hydrogen-bond donors (Lipinski definition) is 1. The van der Waals surface area contributed by atoms with Crippen molar-refractivity contribution in [3.8, 4) is 0 Å². The minimum Gasteiger partial charge on any atom is -0.280 e. The molecule has 0 radical (unpaired) electrons. The predicted molar refractivity (Wildman–Crippen MR) is 63.1 cm³/mol. The van der Waals surface area contributed by atoms with Crippen LogP contribution in [-0.4, -0.2) is 19.7 Å². The molecule has 1 aromatic carbocycles. The highest BCUT2D eigenvalue weighted by Gasteiger charge is 2.12. The van der Waals surface area contributed by atoms with Gasteiger partial charge in [-0.15, -0.1) is 11.3 Å². The van der Waals surface area contributed by atoms with Gasteiger partial charge in [-0.3, -0.25) is 4.72 Å². The van der Waals surface area contributed by atoms with E-state index >= 15 is 0 Å². The van der Waals surface area contributed by atoms with Crippen LogP contribution in [-0.2, 0) is 10.0 Å². The number of nitrogens with zero attached hydrogens (tertiary/aromatic N) is 1. The van der Waals surface area contributed by atoms with Gasteiger partial charge < -0.3 is 0 Å². The zero-order chi connectivity index (χ0) is 11.1. The number of sulfonamides is 1. The first kappa shape index (κ1) is 10.7. The summed E-state index contributed by atoms with van der Waals surface area (Å²) in [6, 6.07) is 3.46. The van der Waals surface area contributed by atoms with E-state index in [4.69, 9.17) is 11.6 Å². The molecule has 1 aromatic heterocycles. The molecule has 0 saturated carbocycles. The van der Waals surface area contributed by atoms with E-state index in [-0.39, 0.29) is 0 Å². The minimum absolute atomic E-state index is 0.345. The van der Waals surface area contributed by atoms with Crippen molar-refractivity contribution in [3.05, 3.63) is 22.7 Å². The lowest BCUT2D eigenvalue weighted by molar-refractivity contribution is 0.607. The van der Waals surface area contributed by atoms with Crippen LogP contribution in [0.1, 0.15) is 0 Å². The Labute approximate surface area is 96.0 Å². The molecular weight excluding hydrogens is 256 g/mol. The maximum Gasteiger partial charge on any atom is 0.229 e. The number of nitrogens with one attached hydrogen (secondary N) is 1. The Kier molecular flexibility index (Phi) is 2.57. The van der Waals surface area contributed by atoms with Crippen LogP contribution in [0, 0.1) is 0 Å². The Morgan fingerprint density at radius 2 is 2.20 bits per heavy atom. The monoisotopic (exact) mass is 262 g/mol. The fourth-order valence-electron chi connectivity index (χ4n) is 1.19. The first-order valence-corrected chi connectivity index (χ1v) is 7.12. The van der Waals surface area contributed by atoms with Crippen molar-refractivity contribution in [2.45, 2.75) is 0 Å². The average molecular weight is 263 g/mol. The van der Waals surface area contributed by atoms with Gasteiger partial charge in [0.05, 0.1) is 27.2 Å². The minimum atomic E-state index is -3.34. The van der Waals surface area contributed by atoms with Crippen molar-refractivity contribution in [2.75, 3.05) is 11.0 Å². The van der Waals surface area contributed by atoms with Gasteiger partial charge in [0.25, 0.3) is 0 Å². The van der Waals surface area contributed by atoms with Gasteiger partial charge in [-0.1, -0.05) is 11.6 Å². The lowest BCUT2D eigenvalue weighted by atomic mass is 10.3. The van der Waals surface area contributed by atoms with E-state index in [1.54, 1.807) is 11.6 Å². The predicted octanol–water partition coefficient (Wildman–Crippen LogP) is 2.32. The van der Waals surface area contributed by atoms with E-state index in [1.165, 1.54) is 11.3 Å². The Hall–Kier alpha value is -0.850. The van der Waals surface area contributed by atoms with Crippen LogP contribution in [0.3, 0.4) is 0 Å². The van der Waals surface area contributed by atoms with Crippen molar-refractivity contribution in [2.24, 2.45) is 0 Å². The maximum absolute atomic E-state index is 11.1. The van der Waals surface area contributed by atoms with Gasteiger partial charge in [0.1, 0.15) is 5.52 Å². The Balaban J connectivity index is 2.67. The average Bonchev–Trinajstić information content (AvgIpc) is 2.56. The largest absolute Gasteiger partial charge is 0.280 e. The summed E-state index contributed by atoms with van der Waals surface area (Å²) in [6.45, 7) is 0. The molecule has 0 aliphatic carbocycles. The standard InChI is InChI=1S/C8H7ClN2O2S2/c1-15(12,13)11-7-5(9)2-3-6-8(7)10-4-14-6/h2-4,11H,1H3. The van der Waals surface area contributed by atoms with Crippen molar-refractivity contribution < 1.29 is 8.42 Å². The van der Waals surface area contributed by atoms with Gasteiger partial charge in [-0.25, -0.2) is 13.4 Å². The van der Waals surface area contributed by atoms with Gasteiger partial charge in [0.15, 0.2) is 0 Å². The second kappa shape index (κ2) is 3.62. The molecule has 4 nitrogen and oxygen atoms in total. The molecule has 0 unspecified atom stereocenters. The van der Waals surface area contributed by atoms with E-state index in [0.29, 0.717) is 16.2 Å². The van der Waals surface area contributed by atoms with Gasteiger partial charge in [0.2, 0.25) is 10.0 Å². The molecule has 0 aliphatic heterocycles. The third-order valence-electron chi connectivity index (χ3n) is 1.74. The normalized spacial score (nSPS) is 11.9. The van der Waals surface area contributed by atoms with Gasteiger partial charge in [-0.2, -0.15) is 0 Å². The van der Waals surface area contributed by atoms with Crippen LogP contribution >= 0.6 is 22.9 Å². The molecule has 7 heteroatoms.